The number of aryl methyl sites for hydroxylation is 1. The van der Waals surface area contributed by atoms with Gasteiger partial charge in [0.2, 0.25) is 0 Å². The van der Waals surface area contributed by atoms with Gasteiger partial charge in [0, 0.05) is 23.2 Å². The Morgan fingerprint density at radius 1 is 1.26 bits per heavy atom. The molecular weight excluding hydrogens is 292 g/mol. The molecule has 0 aliphatic heterocycles. The number of carbonyl (C=O) groups excluding carboxylic acids is 2. The van der Waals surface area contributed by atoms with Crippen LogP contribution >= 0.6 is 0 Å². The molecule has 1 aromatic heterocycles. The predicted molar refractivity (Wildman–Crippen MR) is 92.1 cm³/mol. The Labute approximate surface area is 138 Å². The summed E-state index contributed by atoms with van der Waals surface area (Å²) in [4.78, 5) is 27.6. The van der Waals surface area contributed by atoms with Gasteiger partial charge in [-0.05, 0) is 38.2 Å². The van der Waals surface area contributed by atoms with Crippen molar-refractivity contribution in [1.82, 2.24) is 10.3 Å². The minimum Gasteiger partial charge on any atom is -0.396 e. The Morgan fingerprint density at radius 2 is 1.83 bits per heavy atom. The molecule has 1 rings (SSSR count). The van der Waals surface area contributed by atoms with E-state index in [1.807, 2.05) is 34.6 Å². The van der Waals surface area contributed by atoms with Gasteiger partial charge in [-0.3, -0.25) is 9.59 Å². The molecule has 0 bridgehead atoms. The number of aromatic nitrogens is 1. The van der Waals surface area contributed by atoms with Gasteiger partial charge in [0.05, 0.1) is 6.61 Å². The molecule has 3 N–H and O–H groups in total. The predicted octanol–water partition coefficient (Wildman–Crippen LogP) is 3.18. The largest absolute Gasteiger partial charge is 0.396 e. The lowest BCUT2D eigenvalue weighted by molar-refractivity contribution is 0.0846. The van der Waals surface area contributed by atoms with Crippen molar-refractivity contribution in [2.75, 3.05) is 13.2 Å². The van der Waals surface area contributed by atoms with E-state index in [0.29, 0.717) is 17.8 Å². The van der Waals surface area contributed by atoms with Crippen LogP contribution in [0.4, 0.5) is 0 Å². The number of nitrogens with one attached hydrogen (secondary N) is 2. The summed E-state index contributed by atoms with van der Waals surface area (Å²) in [5.41, 5.74) is 2.28. The summed E-state index contributed by atoms with van der Waals surface area (Å²) in [5.74, 6) is -0.183. The molecule has 0 fully saturated rings. The van der Waals surface area contributed by atoms with Crippen molar-refractivity contribution in [2.24, 2.45) is 5.41 Å². The van der Waals surface area contributed by atoms with Crippen LogP contribution in [0.3, 0.4) is 0 Å². The van der Waals surface area contributed by atoms with Crippen LogP contribution < -0.4 is 5.32 Å². The summed E-state index contributed by atoms with van der Waals surface area (Å²) in [6.45, 7) is 11.8. The number of aromatic amines is 1. The molecule has 1 aromatic rings. The zero-order valence-electron chi connectivity index (χ0n) is 15.2. The van der Waals surface area contributed by atoms with E-state index in [1.165, 1.54) is 6.92 Å². The molecule has 0 saturated heterocycles. The zero-order valence-corrected chi connectivity index (χ0v) is 15.2. The molecule has 0 aliphatic carbocycles. The third kappa shape index (κ3) is 4.02. The molecule has 0 atom stereocenters. The molecular formula is C18H30N2O3. The molecule has 1 amide bonds. The molecule has 23 heavy (non-hydrogen) atoms. The van der Waals surface area contributed by atoms with Gasteiger partial charge < -0.3 is 15.4 Å². The van der Waals surface area contributed by atoms with Gasteiger partial charge in [0.15, 0.2) is 5.78 Å². The maximum Gasteiger partial charge on any atom is 0.268 e. The van der Waals surface area contributed by atoms with Gasteiger partial charge >= 0.3 is 0 Å². The molecule has 0 aromatic carbocycles. The summed E-state index contributed by atoms with van der Waals surface area (Å²) < 4.78 is 0. The van der Waals surface area contributed by atoms with Crippen LogP contribution in [0.2, 0.25) is 0 Å². The Hall–Kier alpha value is -1.62. The first-order valence-electron chi connectivity index (χ1n) is 8.35. The lowest BCUT2D eigenvalue weighted by atomic mass is 9.83. The number of hydrogen-bond acceptors (Lipinski definition) is 3. The fourth-order valence-corrected chi connectivity index (χ4v) is 2.99. The lowest BCUT2D eigenvalue weighted by Gasteiger charge is -2.29. The molecule has 0 saturated carbocycles. The van der Waals surface area contributed by atoms with E-state index >= 15 is 0 Å². The quantitative estimate of drug-likeness (QED) is 0.643. The number of aliphatic hydroxyl groups is 1. The van der Waals surface area contributed by atoms with Crippen LogP contribution in [0, 0.1) is 12.3 Å². The number of Topliss-reactive ketones (excluding diaryl/α,β-unsaturated/α-hetero) is 1. The minimum atomic E-state index is -0.293. The average molecular weight is 322 g/mol. The molecule has 1 heterocycles. The first-order valence-corrected chi connectivity index (χ1v) is 8.35. The number of hydrogen-bond donors (Lipinski definition) is 3. The molecule has 0 spiro atoms. The molecule has 0 aliphatic rings. The van der Waals surface area contributed by atoms with E-state index in [2.05, 4.69) is 10.3 Å². The smallest absolute Gasteiger partial charge is 0.268 e. The summed E-state index contributed by atoms with van der Waals surface area (Å²) in [5, 5.41) is 12.5. The van der Waals surface area contributed by atoms with Crippen LogP contribution in [-0.2, 0) is 0 Å². The molecule has 0 radical (unpaired) electrons. The van der Waals surface area contributed by atoms with E-state index < -0.39 is 0 Å². The highest BCUT2D eigenvalue weighted by Crippen LogP contribution is 2.28. The second-order valence-electron chi connectivity index (χ2n) is 6.67. The fraction of sp³-hybridized carbons (Fsp3) is 0.667. The standard InChI is InChI=1S/C18H30N2O3/c1-7-18(8-2,10-21)9-19-17(23)16-14(11(3)4)15(13(6)22)12(5)20-16/h11,20-21H,7-10H2,1-6H3,(H,19,23). The number of amides is 1. The SMILES string of the molecule is CCC(CC)(CO)CNC(=O)c1[nH]c(C)c(C(C)=O)c1C(C)C. The minimum absolute atomic E-state index is 0.0340. The topological polar surface area (TPSA) is 82.2 Å². The van der Waals surface area contributed by atoms with Crippen molar-refractivity contribution in [3.63, 3.8) is 0 Å². The van der Waals surface area contributed by atoms with Crippen LogP contribution in [0.5, 0.6) is 0 Å². The number of rotatable bonds is 8. The second kappa shape index (κ2) is 7.77. The summed E-state index contributed by atoms with van der Waals surface area (Å²) in [7, 11) is 0. The number of H-pyrrole nitrogens is 1. The van der Waals surface area contributed by atoms with Gasteiger partial charge in [-0.2, -0.15) is 0 Å². The first-order chi connectivity index (χ1) is 10.7. The third-order valence-corrected chi connectivity index (χ3v) is 4.84. The lowest BCUT2D eigenvalue weighted by Crippen LogP contribution is -2.39. The number of ketones is 1. The van der Waals surface area contributed by atoms with E-state index in [4.69, 9.17) is 0 Å². The summed E-state index contributed by atoms with van der Waals surface area (Å²) in [6, 6.07) is 0. The van der Waals surface area contributed by atoms with Crippen molar-refractivity contribution >= 4 is 11.7 Å². The molecule has 5 heteroatoms. The van der Waals surface area contributed by atoms with Crippen molar-refractivity contribution in [3.05, 3.63) is 22.5 Å². The maximum absolute atomic E-state index is 12.6. The van der Waals surface area contributed by atoms with Crippen molar-refractivity contribution in [2.45, 2.75) is 60.3 Å². The van der Waals surface area contributed by atoms with Gasteiger partial charge in [0.1, 0.15) is 5.69 Å². The van der Waals surface area contributed by atoms with E-state index in [1.54, 1.807) is 0 Å². The van der Waals surface area contributed by atoms with Crippen LogP contribution in [0.25, 0.3) is 0 Å². The molecule has 130 valence electrons. The van der Waals surface area contributed by atoms with Gasteiger partial charge in [-0.1, -0.05) is 27.7 Å². The highest BCUT2D eigenvalue weighted by molar-refractivity contribution is 6.03. The monoisotopic (exact) mass is 322 g/mol. The van der Waals surface area contributed by atoms with Crippen molar-refractivity contribution in [1.29, 1.82) is 0 Å². The van der Waals surface area contributed by atoms with Gasteiger partial charge in [-0.15, -0.1) is 0 Å². The first kappa shape index (κ1) is 19.4. The summed E-state index contributed by atoms with van der Waals surface area (Å²) >= 11 is 0. The van der Waals surface area contributed by atoms with Crippen molar-refractivity contribution < 1.29 is 14.7 Å². The Kier molecular flexibility index (Phi) is 6.57. The third-order valence-electron chi connectivity index (χ3n) is 4.84. The van der Waals surface area contributed by atoms with Crippen LogP contribution in [0.15, 0.2) is 0 Å². The molecule has 0 unspecified atom stereocenters. The van der Waals surface area contributed by atoms with E-state index in [9.17, 15) is 14.7 Å². The van der Waals surface area contributed by atoms with Crippen molar-refractivity contribution in [3.8, 4) is 0 Å². The Morgan fingerprint density at radius 3 is 2.22 bits per heavy atom. The maximum atomic E-state index is 12.6. The fourth-order valence-electron chi connectivity index (χ4n) is 2.99. The van der Waals surface area contributed by atoms with Crippen LogP contribution in [-0.4, -0.2) is 34.9 Å². The second-order valence-corrected chi connectivity index (χ2v) is 6.67. The number of aliphatic hydroxyl groups excluding tert-OH is 1. The Bertz CT molecular complexity index is 561. The van der Waals surface area contributed by atoms with E-state index in [0.717, 1.165) is 24.1 Å². The highest BCUT2D eigenvalue weighted by atomic mass is 16.3. The number of carbonyl (C=O) groups is 2. The van der Waals surface area contributed by atoms with Crippen LogP contribution in [0.1, 0.15) is 85.5 Å². The highest BCUT2D eigenvalue weighted by Gasteiger charge is 2.28. The van der Waals surface area contributed by atoms with Gasteiger partial charge in [0.25, 0.3) is 5.91 Å². The van der Waals surface area contributed by atoms with Gasteiger partial charge in [-0.25, -0.2) is 0 Å². The zero-order chi connectivity index (χ0) is 17.8. The van der Waals surface area contributed by atoms with E-state index in [-0.39, 0.29) is 29.6 Å². The average Bonchev–Trinajstić information content (AvgIpc) is 2.87. The normalized spacial score (nSPS) is 11.8. The molecule has 5 nitrogen and oxygen atoms in total. The summed E-state index contributed by atoms with van der Waals surface area (Å²) in [6.07, 6.45) is 1.58. The Balaban J connectivity index is 3.10.